The van der Waals surface area contributed by atoms with E-state index in [-0.39, 0.29) is 6.10 Å². The highest BCUT2D eigenvalue weighted by molar-refractivity contribution is 5.71. The van der Waals surface area contributed by atoms with Crippen molar-refractivity contribution in [1.29, 1.82) is 0 Å². The second-order valence-corrected chi connectivity index (χ2v) is 4.81. The van der Waals surface area contributed by atoms with E-state index in [0.717, 1.165) is 23.4 Å². The summed E-state index contributed by atoms with van der Waals surface area (Å²) in [6.07, 6.45) is 4.13. The third-order valence-corrected chi connectivity index (χ3v) is 3.25. The average molecular weight is 256 g/mol. The van der Waals surface area contributed by atoms with Crippen molar-refractivity contribution in [3.05, 3.63) is 35.7 Å². The van der Waals surface area contributed by atoms with Gasteiger partial charge in [0.05, 0.1) is 18.1 Å². The molecule has 1 aliphatic heterocycles. The Hall–Kier alpha value is -2.14. The molecule has 2 heterocycles. The summed E-state index contributed by atoms with van der Waals surface area (Å²) in [5, 5.41) is 0. The summed E-state index contributed by atoms with van der Waals surface area (Å²) in [6, 6.07) is 4.19. The van der Waals surface area contributed by atoms with Gasteiger partial charge in [-0.05, 0) is 24.1 Å². The minimum Gasteiger partial charge on any atom is -0.488 e. The minimum atomic E-state index is 0.0530. The van der Waals surface area contributed by atoms with Crippen LogP contribution in [-0.2, 0) is 6.42 Å². The van der Waals surface area contributed by atoms with E-state index in [1.54, 1.807) is 12.4 Å². The highest BCUT2D eigenvalue weighted by atomic mass is 16.5. The third-order valence-electron chi connectivity index (χ3n) is 3.25. The van der Waals surface area contributed by atoms with E-state index in [1.807, 2.05) is 0 Å². The zero-order valence-corrected chi connectivity index (χ0v) is 10.8. The fourth-order valence-corrected chi connectivity index (χ4v) is 2.39. The summed E-state index contributed by atoms with van der Waals surface area (Å²) in [7, 11) is 0. The van der Waals surface area contributed by atoms with Crippen molar-refractivity contribution in [3.8, 4) is 17.0 Å². The monoisotopic (exact) mass is 256 g/mol. The maximum atomic E-state index is 5.90. The van der Waals surface area contributed by atoms with E-state index in [4.69, 9.17) is 16.2 Å². The summed E-state index contributed by atoms with van der Waals surface area (Å²) in [6.45, 7) is 2.57. The molecule has 0 unspecified atom stereocenters. The molecule has 1 aromatic heterocycles. The summed E-state index contributed by atoms with van der Waals surface area (Å²) < 4.78 is 5.90. The number of fused-ring (bicyclic) bond motifs is 1. The number of aromatic nitrogens is 2. The Labute approximate surface area is 111 Å². The van der Waals surface area contributed by atoms with Crippen LogP contribution in [0.5, 0.6) is 5.75 Å². The predicted octanol–water partition coefficient (Wildman–Crippen LogP) is 1.30. The van der Waals surface area contributed by atoms with Crippen molar-refractivity contribution >= 4 is 5.82 Å². The van der Waals surface area contributed by atoms with Crippen LogP contribution in [0, 0.1) is 6.92 Å². The zero-order valence-electron chi connectivity index (χ0n) is 10.8. The van der Waals surface area contributed by atoms with Gasteiger partial charge >= 0.3 is 0 Å². The van der Waals surface area contributed by atoms with Crippen LogP contribution in [0.15, 0.2) is 24.5 Å². The van der Waals surface area contributed by atoms with Crippen molar-refractivity contribution in [2.45, 2.75) is 19.4 Å². The summed E-state index contributed by atoms with van der Waals surface area (Å²) in [5.41, 5.74) is 15.3. The van der Waals surface area contributed by atoms with Crippen molar-refractivity contribution in [2.24, 2.45) is 5.73 Å². The van der Waals surface area contributed by atoms with Crippen LogP contribution in [0.2, 0.25) is 0 Å². The molecule has 0 fully saturated rings. The Morgan fingerprint density at radius 2 is 2.16 bits per heavy atom. The van der Waals surface area contributed by atoms with Gasteiger partial charge in [-0.15, -0.1) is 0 Å². The quantitative estimate of drug-likeness (QED) is 0.845. The van der Waals surface area contributed by atoms with Gasteiger partial charge in [0.25, 0.3) is 0 Å². The number of nitrogen functional groups attached to an aromatic ring is 1. The second kappa shape index (κ2) is 4.51. The SMILES string of the molecule is Cc1cc2c(c(-c3cnc(N)cn3)c1)O[C@@H](CN)C2. The van der Waals surface area contributed by atoms with E-state index in [0.29, 0.717) is 12.4 Å². The van der Waals surface area contributed by atoms with Crippen LogP contribution in [-0.4, -0.2) is 22.6 Å². The van der Waals surface area contributed by atoms with E-state index in [2.05, 4.69) is 29.0 Å². The molecular weight excluding hydrogens is 240 g/mol. The van der Waals surface area contributed by atoms with Crippen LogP contribution in [0.1, 0.15) is 11.1 Å². The number of benzene rings is 1. The molecule has 4 N–H and O–H groups in total. The molecule has 0 radical (unpaired) electrons. The Kier molecular flexibility index (Phi) is 2.83. The molecule has 5 nitrogen and oxygen atoms in total. The molecule has 2 aromatic rings. The molecule has 1 aromatic carbocycles. The number of rotatable bonds is 2. The lowest BCUT2D eigenvalue weighted by Gasteiger charge is -2.11. The Bertz CT molecular complexity index is 610. The lowest BCUT2D eigenvalue weighted by Crippen LogP contribution is -2.24. The summed E-state index contributed by atoms with van der Waals surface area (Å²) >= 11 is 0. The average Bonchev–Trinajstić information content (AvgIpc) is 2.81. The number of hydrogen-bond acceptors (Lipinski definition) is 5. The highest BCUT2D eigenvalue weighted by Crippen LogP contribution is 2.38. The van der Waals surface area contributed by atoms with Crippen molar-refractivity contribution < 1.29 is 4.74 Å². The molecule has 0 aliphatic carbocycles. The molecule has 98 valence electrons. The van der Waals surface area contributed by atoms with Gasteiger partial charge in [-0.1, -0.05) is 6.07 Å². The van der Waals surface area contributed by atoms with E-state index >= 15 is 0 Å². The maximum Gasteiger partial charge on any atom is 0.141 e. The van der Waals surface area contributed by atoms with Crippen LogP contribution in [0.3, 0.4) is 0 Å². The van der Waals surface area contributed by atoms with Gasteiger partial charge in [0.2, 0.25) is 0 Å². The normalized spacial score (nSPS) is 17.1. The first-order valence-corrected chi connectivity index (χ1v) is 6.25. The van der Waals surface area contributed by atoms with Gasteiger partial charge < -0.3 is 16.2 Å². The van der Waals surface area contributed by atoms with E-state index in [9.17, 15) is 0 Å². The predicted molar refractivity (Wildman–Crippen MR) is 73.8 cm³/mol. The smallest absolute Gasteiger partial charge is 0.141 e. The first-order valence-electron chi connectivity index (χ1n) is 6.25. The van der Waals surface area contributed by atoms with Gasteiger partial charge in [-0.3, -0.25) is 4.98 Å². The topological polar surface area (TPSA) is 87.0 Å². The maximum absolute atomic E-state index is 5.90. The standard InChI is InChI=1S/C14H16N4O/c1-8-2-9-4-10(5-15)19-14(9)11(3-8)12-6-18-13(16)7-17-12/h2-3,6-7,10H,4-5,15H2,1H3,(H2,16,18)/t10-/m1/s1. The Morgan fingerprint density at radius 1 is 1.32 bits per heavy atom. The van der Waals surface area contributed by atoms with Gasteiger partial charge in [-0.25, -0.2) is 4.98 Å². The lowest BCUT2D eigenvalue weighted by atomic mass is 10.0. The van der Waals surface area contributed by atoms with Crippen LogP contribution >= 0.6 is 0 Å². The third kappa shape index (κ3) is 2.13. The molecular formula is C14H16N4O. The summed E-state index contributed by atoms with van der Waals surface area (Å²) in [4.78, 5) is 8.40. The summed E-state index contributed by atoms with van der Waals surface area (Å²) in [5.74, 6) is 1.29. The number of nitrogens with two attached hydrogens (primary N) is 2. The van der Waals surface area contributed by atoms with Gasteiger partial charge in [0.15, 0.2) is 0 Å². The first-order chi connectivity index (χ1) is 9.17. The van der Waals surface area contributed by atoms with E-state index in [1.165, 1.54) is 11.1 Å². The molecule has 0 saturated heterocycles. The van der Waals surface area contributed by atoms with Crippen molar-refractivity contribution in [3.63, 3.8) is 0 Å². The second-order valence-electron chi connectivity index (χ2n) is 4.81. The zero-order chi connectivity index (χ0) is 13.4. The molecule has 19 heavy (non-hydrogen) atoms. The Balaban J connectivity index is 2.10. The molecule has 3 rings (SSSR count). The van der Waals surface area contributed by atoms with Gasteiger partial charge in [-0.2, -0.15) is 0 Å². The fourth-order valence-electron chi connectivity index (χ4n) is 2.39. The number of aryl methyl sites for hydroxylation is 1. The van der Waals surface area contributed by atoms with Gasteiger partial charge in [0.1, 0.15) is 17.7 Å². The van der Waals surface area contributed by atoms with Crippen LogP contribution in [0.25, 0.3) is 11.3 Å². The molecule has 1 aliphatic rings. The number of ether oxygens (including phenoxy) is 1. The number of nitrogens with zero attached hydrogens (tertiary/aromatic N) is 2. The fraction of sp³-hybridized carbons (Fsp3) is 0.286. The number of anilines is 1. The molecule has 0 saturated carbocycles. The molecule has 1 atom stereocenters. The largest absolute Gasteiger partial charge is 0.488 e. The first kappa shape index (κ1) is 11.9. The molecule has 0 amide bonds. The minimum absolute atomic E-state index is 0.0530. The van der Waals surface area contributed by atoms with Crippen LogP contribution < -0.4 is 16.2 Å². The molecule has 0 spiro atoms. The van der Waals surface area contributed by atoms with Crippen molar-refractivity contribution in [2.75, 3.05) is 12.3 Å². The number of hydrogen-bond donors (Lipinski definition) is 2. The van der Waals surface area contributed by atoms with Crippen molar-refractivity contribution in [1.82, 2.24) is 9.97 Å². The highest BCUT2D eigenvalue weighted by Gasteiger charge is 2.25. The van der Waals surface area contributed by atoms with Gasteiger partial charge in [0, 0.05) is 18.5 Å². The van der Waals surface area contributed by atoms with Crippen LogP contribution in [0.4, 0.5) is 5.82 Å². The van der Waals surface area contributed by atoms with E-state index < -0.39 is 0 Å². The molecule has 5 heteroatoms. The Morgan fingerprint density at radius 3 is 2.84 bits per heavy atom. The lowest BCUT2D eigenvalue weighted by molar-refractivity contribution is 0.242. The molecule has 0 bridgehead atoms.